The molecule has 0 aliphatic rings. The summed E-state index contributed by atoms with van der Waals surface area (Å²) in [6.07, 6.45) is 1.93. The Kier molecular flexibility index (Phi) is 4.12. The van der Waals surface area contributed by atoms with E-state index >= 15 is 0 Å². The van der Waals surface area contributed by atoms with Gasteiger partial charge < -0.3 is 10.6 Å². The van der Waals surface area contributed by atoms with Crippen LogP contribution >= 0.6 is 0 Å². The van der Waals surface area contributed by atoms with Crippen LogP contribution in [0.4, 0.5) is 11.6 Å². The molecule has 2 rings (SSSR count). The summed E-state index contributed by atoms with van der Waals surface area (Å²) in [7, 11) is 0. The number of anilines is 2. The number of rotatable bonds is 5. The number of H-pyrrole nitrogens is 1. The summed E-state index contributed by atoms with van der Waals surface area (Å²) in [5.74, 6) is 0.0214. The second-order valence-corrected chi connectivity index (χ2v) is 4.19. The molecule has 1 aromatic heterocycles. The highest BCUT2D eigenvalue weighted by atomic mass is 16.2. The van der Waals surface area contributed by atoms with Crippen LogP contribution in [0.15, 0.2) is 30.3 Å². The van der Waals surface area contributed by atoms with Crippen LogP contribution < -0.4 is 10.6 Å². The Bertz CT molecular complexity index is 537. The minimum absolute atomic E-state index is 0.0758. The van der Waals surface area contributed by atoms with Crippen LogP contribution in [-0.2, 0) is 0 Å². The van der Waals surface area contributed by atoms with Crippen LogP contribution in [-0.4, -0.2) is 27.6 Å². The number of carbonyl (C=O) groups is 1. The number of aromatic amines is 1. The van der Waals surface area contributed by atoms with Gasteiger partial charge in [0.05, 0.1) is 0 Å². The van der Waals surface area contributed by atoms with Crippen LogP contribution in [0.3, 0.4) is 0 Å². The molecule has 0 bridgehead atoms. The van der Waals surface area contributed by atoms with Gasteiger partial charge in [0, 0.05) is 12.2 Å². The number of benzene rings is 1. The Morgan fingerprint density at radius 3 is 2.68 bits per heavy atom. The highest BCUT2D eigenvalue weighted by Gasteiger charge is 2.20. The van der Waals surface area contributed by atoms with Crippen LogP contribution in [0.2, 0.25) is 0 Å². The number of nitrogens with zero attached hydrogens (tertiary/aromatic N) is 3. The molecule has 0 unspecified atom stereocenters. The number of nitrogen functional groups attached to an aromatic ring is 1. The Hall–Kier alpha value is -2.37. The summed E-state index contributed by atoms with van der Waals surface area (Å²) in [6.45, 7) is 2.72. The Morgan fingerprint density at radius 1 is 1.37 bits per heavy atom. The molecule has 1 heterocycles. The van der Waals surface area contributed by atoms with Crippen molar-refractivity contribution in [2.75, 3.05) is 17.2 Å². The van der Waals surface area contributed by atoms with E-state index in [0.717, 1.165) is 18.5 Å². The quantitative estimate of drug-likeness (QED) is 0.857. The third-order valence-corrected chi connectivity index (χ3v) is 2.75. The van der Waals surface area contributed by atoms with Crippen molar-refractivity contribution in [3.8, 4) is 0 Å². The molecule has 1 aromatic carbocycles. The third kappa shape index (κ3) is 3.09. The number of amides is 1. The first-order chi connectivity index (χ1) is 9.22. The summed E-state index contributed by atoms with van der Waals surface area (Å²) in [6, 6.07) is 9.51. The molecule has 0 saturated heterocycles. The molecule has 6 heteroatoms. The maximum absolute atomic E-state index is 12.4. The van der Waals surface area contributed by atoms with Crippen molar-refractivity contribution in [2.45, 2.75) is 19.8 Å². The number of nitrogens with two attached hydrogens (primary N) is 1. The Labute approximate surface area is 111 Å². The van der Waals surface area contributed by atoms with Gasteiger partial charge in [0.1, 0.15) is 0 Å². The zero-order chi connectivity index (χ0) is 13.7. The molecule has 2 aromatic rings. The Morgan fingerprint density at radius 2 is 2.11 bits per heavy atom. The van der Waals surface area contributed by atoms with Crippen molar-refractivity contribution in [2.24, 2.45) is 0 Å². The summed E-state index contributed by atoms with van der Waals surface area (Å²) in [5, 5.41) is 6.24. The average Bonchev–Trinajstić information content (AvgIpc) is 2.87. The first kappa shape index (κ1) is 13.1. The molecule has 1 amide bonds. The molecule has 0 saturated carbocycles. The molecule has 0 radical (unpaired) electrons. The summed E-state index contributed by atoms with van der Waals surface area (Å²) < 4.78 is 0. The van der Waals surface area contributed by atoms with Crippen molar-refractivity contribution in [3.63, 3.8) is 0 Å². The number of hydrogen-bond donors (Lipinski definition) is 2. The topological polar surface area (TPSA) is 87.9 Å². The highest BCUT2D eigenvalue weighted by Crippen LogP contribution is 2.16. The van der Waals surface area contributed by atoms with E-state index in [4.69, 9.17) is 5.73 Å². The van der Waals surface area contributed by atoms with E-state index in [0.29, 0.717) is 6.54 Å². The number of hydrogen-bond acceptors (Lipinski definition) is 4. The molecular weight excluding hydrogens is 242 g/mol. The summed E-state index contributed by atoms with van der Waals surface area (Å²) >= 11 is 0. The number of unbranched alkanes of at least 4 members (excludes halogenated alkanes) is 1. The lowest BCUT2D eigenvalue weighted by Gasteiger charge is -2.21. The molecule has 6 nitrogen and oxygen atoms in total. The lowest BCUT2D eigenvalue weighted by molar-refractivity contribution is 0.0977. The Balaban J connectivity index is 2.25. The summed E-state index contributed by atoms with van der Waals surface area (Å²) in [5.41, 5.74) is 6.27. The normalized spacial score (nSPS) is 10.4. The van der Waals surface area contributed by atoms with Crippen molar-refractivity contribution < 1.29 is 4.79 Å². The maximum Gasteiger partial charge on any atom is 0.295 e. The van der Waals surface area contributed by atoms with E-state index < -0.39 is 0 Å². The number of para-hydroxylation sites is 1. The lowest BCUT2D eigenvalue weighted by Crippen LogP contribution is -2.32. The molecule has 19 heavy (non-hydrogen) atoms. The van der Waals surface area contributed by atoms with Gasteiger partial charge in [0.2, 0.25) is 11.8 Å². The lowest BCUT2D eigenvalue weighted by atomic mass is 10.2. The van der Waals surface area contributed by atoms with Gasteiger partial charge >= 0.3 is 0 Å². The number of carbonyl (C=O) groups excluding carboxylic acids is 1. The third-order valence-electron chi connectivity index (χ3n) is 2.75. The van der Waals surface area contributed by atoms with Crippen LogP contribution in [0.25, 0.3) is 0 Å². The number of nitrogens with one attached hydrogen (secondary N) is 1. The monoisotopic (exact) mass is 259 g/mol. The first-order valence-electron chi connectivity index (χ1n) is 6.27. The van der Waals surface area contributed by atoms with Gasteiger partial charge in [0.25, 0.3) is 5.91 Å². The standard InChI is InChI=1S/C13H17N5O/c1-2-3-9-18(10-7-5-4-6-8-10)12(19)11-15-13(14)17-16-11/h4-8H,2-3,9H2,1H3,(H3,14,15,16,17). The first-order valence-corrected chi connectivity index (χ1v) is 6.27. The van der Waals surface area contributed by atoms with Gasteiger partial charge in [-0.25, -0.2) is 0 Å². The van der Waals surface area contributed by atoms with Gasteiger partial charge in [-0.15, -0.1) is 5.10 Å². The zero-order valence-electron chi connectivity index (χ0n) is 10.8. The van der Waals surface area contributed by atoms with Gasteiger partial charge in [0.15, 0.2) is 0 Å². The smallest absolute Gasteiger partial charge is 0.295 e. The second-order valence-electron chi connectivity index (χ2n) is 4.19. The fraction of sp³-hybridized carbons (Fsp3) is 0.308. The fourth-order valence-electron chi connectivity index (χ4n) is 1.77. The van der Waals surface area contributed by atoms with Gasteiger partial charge in [-0.05, 0) is 18.6 Å². The zero-order valence-corrected chi connectivity index (χ0v) is 10.8. The predicted octanol–water partition coefficient (Wildman–Crippen LogP) is 1.83. The maximum atomic E-state index is 12.4. The van der Waals surface area contributed by atoms with Crippen molar-refractivity contribution in [1.82, 2.24) is 15.2 Å². The van der Waals surface area contributed by atoms with E-state index in [1.165, 1.54) is 0 Å². The van der Waals surface area contributed by atoms with Crippen LogP contribution in [0, 0.1) is 0 Å². The second kappa shape index (κ2) is 5.99. The molecule has 0 aliphatic carbocycles. The largest absolute Gasteiger partial charge is 0.366 e. The van der Waals surface area contributed by atoms with E-state index in [-0.39, 0.29) is 17.7 Å². The van der Waals surface area contributed by atoms with Crippen molar-refractivity contribution in [3.05, 3.63) is 36.2 Å². The fourth-order valence-corrected chi connectivity index (χ4v) is 1.77. The van der Waals surface area contributed by atoms with Gasteiger partial charge in [-0.3, -0.25) is 9.89 Å². The van der Waals surface area contributed by atoms with Crippen molar-refractivity contribution >= 4 is 17.5 Å². The van der Waals surface area contributed by atoms with Crippen LogP contribution in [0.1, 0.15) is 30.4 Å². The number of aromatic nitrogens is 3. The summed E-state index contributed by atoms with van der Waals surface area (Å²) in [4.78, 5) is 18.0. The van der Waals surface area contributed by atoms with E-state index in [1.807, 2.05) is 30.3 Å². The van der Waals surface area contributed by atoms with Crippen LogP contribution in [0.5, 0.6) is 0 Å². The minimum atomic E-state index is -0.219. The predicted molar refractivity (Wildman–Crippen MR) is 73.8 cm³/mol. The molecular formula is C13H17N5O. The molecule has 0 atom stereocenters. The van der Waals surface area contributed by atoms with Gasteiger partial charge in [-0.1, -0.05) is 31.5 Å². The van der Waals surface area contributed by atoms with Gasteiger partial charge in [-0.2, -0.15) is 4.98 Å². The molecule has 0 spiro atoms. The average molecular weight is 259 g/mol. The van der Waals surface area contributed by atoms with E-state index in [9.17, 15) is 4.79 Å². The van der Waals surface area contributed by atoms with E-state index in [1.54, 1.807) is 4.90 Å². The molecule has 0 fully saturated rings. The molecule has 0 aliphatic heterocycles. The minimum Gasteiger partial charge on any atom is -0.366 e. The molecule has 100 valence electrons. The highest BCUT2D eigenvalue weighted by molar-refractivity contribution is 6.03. The van der Waals surface area contributed by atoms with E-state index in [2.05, 4.69) is 22.1 Å². The molecule has 3 N–H and O–H groups in total. The SMILES string of the molecule is CCCCN(C(=O)c1nc(N)n[nH]1)c1ccccc1. The van der Waals surface area contributed by atoms with Crippen molar-refractivity contribution in [1.29, 1.82) is 0 Å².